The SMILES string of the molecule is CS(=O)(=O)N1C[C@H](C(=O)Nc2ccc(C34CC5CC(CC(C5)C3)C4)cc2)Oc2ccccc21. The van der Waals surface area contributed by atoms with Gasteiger partial charge in [-0.2, -0.15) is 0 Å². The molecular weight excluding hydrogens is 436 g/mol. The van der Waals surface area contributed by atoms with Gasteiger partial charge in [-0.05, 0) is 91.5 Å². The molecule has 6 nitrogen and oxygen atoms in total. The molecule has 4 fully saturated rings. The molecule has 0 saturated heterocycles. The highest BCUT2D eigenvalue weighted by molar-refractivity contribution is 7.92. The fourth-order valence-corrected chi connectivity index (χ4v) is 8.16. The normalized spacial score (nSPS) is 32.2. The van der Waals surface area contributed by atoms with E-state index in [1.165, 1.54) is 48.4 Å². The van der Waals surface area contributed by atoms with Crippen LogP contribution in [-0.4, -0.2) is 33.2 Å². The van der Waals surface area contributed by atoms with Gasteiger partial charge in [-0.15, -0.1) is 0 Å². The lowest BCUT2D eigenvalue weighted by atomic mass is 9.48. The van der Waals surface area contributed by atoms with Gasteiger partial charge in [-0.25, -0.2) is 8.42 Å². The molecule has 1 amide bonds. The summed E-state index contributed by atoms with van der Waals surface area (Å²) in [6, 6.07) is 15.2. The molecule has 1 atom stereocenters. The fourth-order valence-electron chi connectivity index (χ4n) is 7.25. The Hall–Kier alpha value is -2.54. The quantitative estimate of drug-likeness (QED) is 0.728. The van der Waals surface area contributed by atoms with Crippen molar-refractivity contribution >= 4 is 27.3 Å². The molecular formula is C26H30N2O4S. The summed E-state index contributed by atoms with van der Waals surface area (Å²) < 4.78 is 31.7. The van der Waals surface area contributed by atoms with E-state index >= 15 is 0 Å². The van der Waals surface area contributed by atoms with Crippen molar-refractivity contribution in [1.29, 1.82) is 0 Å². The van der Waals surface area contributed by atoms with Crippen molar-refractivity contribution in [2.75, 3.05) is 22.4 Å². The van der Waals surface area contributed by atoms with Crippen LogP contribution >= 0.6 is 0 Å². The molecule has 0 unspecified atom stereocenters. The second-order valence-electron chi connectivity index (χ2n) is 10.6. The number of rotatable bonds is 4. The van der Waals surface area contributed by atoms with Crippen LogP contribution in [0.5, 0.6) is 5.75 Å². The first-order valence-electron chi connectivity index (χ1n) is 11.9. The number of hydrogen-bond donors (Lipinski definition) is 1. The summed E-state index contributed by atoms with van der Waals surface area (Å²) in [6.07, 6.45) is 8.40. The first-order valence-corrected chi connectivity index (χ1v) is 13.8. The minimum atomic E-state index is -3.53. The van der Waals surface area contributed by atoms with Crippen LogP contribution in [0.1, 0.15) is 44.1 Å². The number of carbonyl (C=O) groups excluding carboxylic acids is 1. The Morgan fingerprint density at radius 1 is 0.970 bits per heavy atom. The van der Waals surface area contributed by atoms with Crippen molar-refractivity contribution in [3.63, 3.8) is 0 Å². The maximum atomic E-state index is 13.0. The van der Waals surface area contributed by atoms with Gasteiger partial charge in [0.05, 0.1) is 18.5 Å². The smallest absolute Gasteiger partial charge is 0.267 e. The Kier molecular flexibility index (Phi) is 4.77. The van der Waals surface area contributed by atoms with Gasteiger partial charge in [0, 0.05) is 5.69 Å². The molecule has 4 aliphatic carbocycles. The third-order valence-electron chi connectivity index (χ3n) is 8.23. The molecule has 174 valence electrons. The third kappa shape index (κ3) is 3.70. The minimum absolute atomic E-state index is 0.0486. The first-order chi connectivity index (χ1) is 15.8. The molecule has 2 aromatic carbocycles. The average molecular weight is 467 g/mol. The van der Waals surface area contributed by atoms with Crippen LogP contribution in [0, 0.1) is 17.8 Å². The summed E-state index contributed by atoms with van der Waals surface area (Å²) in [7, 11) is -3.53. The highest BCUT2D eigenvalue weighted by Crippen LogP contribution is 2.60. The molecule has 0 radical (unpaired) electrons. The number of carbonyl (C=O) groups is 1. The van der Waals surface area contributed by atoms with Gasteiger partial charge in [0.1, 0.15) is 5.75 Å². The number of fused-ring (bicyclic) bond motifs is 1. The van der Waals surface area contributed by atoms with Crippen LogP contribution in [0.25, 0.3) is 0 Å². The maximum Gasteiger partial charge on any atom is 0.267 e. The van der Waals surface area contributed by atoms with Crippen molar-refractivity contribution in [1.82, 2.24) is 0 Å². The molecule has 2 aromatic rings. The number of sulfonamides is 1. The Bertz CT molecular complexity index is 1160. The summed E-state index contributed by atoms with van der Waals surface area (Å²) >= 11 is 0. The first kappa shape index (κ1) is 21.0. The van der Waals surface area contributed by atoms with Gasteiger partial charge in [0.15, 0.2) is 6.10 Å². The zero-order valence-electron chi connectivity index (χ0n) is 18.9. The molecule has 7 heteroatoms. The predicted molar refractivity (Wildman–Crippen MR) is 128 cm³/mol. The molecule has 1 N–H and O–H groups in total. The third-order valence-corrected chi connectivity index (χ3v) is 9.38. The van der Waals surface area contributed by atoms with Gasteiger partial charge in [-0.1, -0.05) is 24.3 Å². The van der Waals surface area contributed by atoms with Crippen LogP contribution in [-0.2, 0) is 20.2 Å². The molecule has 1 heterocycles. The highest BCUT2D eigenvalue weighted by Gasteiger charge is 2.51. The molecule has 0 aromatic heterocycles. The number of nitrogens with zero attached hydrogens (tertiary/aromatic N) is 1. The van der Waals surface area contributed by atoms with Gasteiger partial charge >= 0.3 is 0 Å². The maximum absolute atomic E-state index is 13.0. The Labute approximate surface area is 195 Å². The number of benzene rings is 2. The topological polar surface area (TPSA) is 75.7 Å². The summed E-state index contributed by atoms with van der Waals surface area (Å²) in [5.41, 5.74) is 2.90. The van der Waals surface area contributed by atoms with Crippen molar-refractivity contribution in [2.45, 2.75) is 50.0 Å². The van der Waals surface area contributed by atoms with E-state index in [0.717, 1.165) is 24.0 Å². The standard InChI is InChI=1S/C26H30N2O4S/c1-33(30,31)28-16-24(32-23-5-3-2-4-22(23)28)25(29)27-21-8-6-20(7-9-21)26-13-17-10-18(14-26)12-19(11-17)15-26/h2-9,17-19,24H,10-16H2,1H3,(H,27,29)/t17?,18?,19?,24-,26?/m1/s1. The Morgan fingerprint density at radius 2 is 1.58 bits per heavy atom. The number of nitrogens with one attached hydrogen (secondary N) is 1. The monoisotopic (exact) mass is 466 g/mol. The number of amides is 1. The number of ether oxygens (including phenoxy) is 1. The zero-order chi connectivity index (χ0) is 22.8. The van der Waals surface area contributed by atoms with Crippen molar-refractivity contribution in [2.24, 2.45) is 17.8 Å². The van der Waals surface area contributed by atoms with Crippen molar-refractivity contribution in [3.05, 3.63) is 54.1 Å². The van der Waals surface area contributed by atoms with Crippen molar-refractivity contribution < 1.29 is 17.9 Å². The average Bonchev–Trinajstić information content (AvgIpc) is 2.77. The molecule has 4 bridgehead atoms. The zero-order valence-corrected chi connectivity index (χ0v) is 19.7. The van der Waals surface area contributed by atoms with Crippen LogP contribution < -0.4 is 14.4 Å². The lowest BCUT2D eigenvalue weighted by Crippen LogP contribution is -2.48. The fraction of sp³-hybridized carbons (Fsp3) is 0.500. The van der Waals surface area contributed by atoms with E-state index in [2.05, 4.69) is 17.4 Å². The number of anilines is 2. The summed E-state index contributed by atoms with van der Waals surface area (Å²) in [5, 5.41) is 2.93. The molecule has 0 spiro atoms. The van der Waals surface area contributed by atoms with Crippen LogP contribution in [0.2, 0.25) is 0 Å². The van der Waals surface area contributed by atoms with Gasteiger partial charge in [0.25, 0.3) is 5.91 Å². The Morgan fingerprint density at radius 3 is 2.18 bits per heavy atom. The number of para-hydroxylation sites is 2. The molecule has 33 heavy (non-hydrogen) atoms. The van der Waals surface area contributed by atoms with E-state index in [1.807, 2.05) is 12.1 Å². The summed E-state index contributed by atoms with van der Waals surface area (Å²) in [4.78, 5) is 13.0. The van der Waals surface area contributed by atoms with E-state index in [9.17, 15) is 13.2 Å². The highest BCUT2D eigenvalue weighted by atomic mass is 32.2. The second kappa shape index (κ2) is 7.49. The van der Waals surface area contributed by atoms with Gasteiger partial charge in [0.2, 0.25) is 10.0 Å². The second-order valence-corrected chi connectivity index (χ2v) is 12.5. The molecule has 5 aliphatic rings. The van der Waals surface area contributed by atoms with E-state index in [4.69, 9.17) is 4.74 Å². The van der Waals surface area contributed by atoms with E-state index < -0.39 is 16.1 Å². The van der Waals surface area contributed by atoms with Crippen molar-refractivity contribution in [3.8, 4) is 5.75 Å². The van der Waals surface area contributed by atoms with Gasteiger partial charge < -0.3 is 10.1 Å². The lowest BCUT2D eigenvalue weighted by Gasteiger charge is -2.57. The van der Waals surface area contributed by atoms with Gasteiger partial charge in [-0.3, -0.25) is 9.10 Å². The van der Waals surface area contributed by atoms with Crippen LogP contribution in [0.4, 0.5) is 11.4 Å². The van der Waals surface area contributed by atoms with E-state index in [0.29, 0.717) is 22.5 Å². The summed E-state index contributed by atoms with van der Waals surface area (Å²) in [5.74, 6) is 2.71. The van der Waals surface area contributed by atoms with E-state index in [1.54, 1.807) is 24.3 Å². The summed E-state index contributed by atoms with van der Waals surface area (Å²) in [6.45, 7) is -0.0486. The molecule has 1 aliphatic heterocycles. The molecule has 4 saturated carbocycles. The predicted octanol–water partition coefficient (Wildman–Crippen LogP) is 4.32. The van der Waals surface area contributed by atoms with Crippen LogP contribution in [0.3, 0.4) is 0 Å². The minimum Gasteiger partial charge on any atom is -0.476 e. The largest absolute Gasteiger partial charge is 0.476 e. The lowest BCUT2D eigenvalue weighted by molar-refractivity contribution is -0.122. The molecule has 7 rings (SSSR count). The van der Waals surface area contributed by atoms with E-state index in [-0.39, 0.29) is 12.5 Å². The Balaban J connectivity index is 1.18. The van der Waals surface area contributed by atoms with Crippen LogP contribution in [0.15, 0.2) is 48.5 Å². The number of hydrogen-bond acceptors (Lipinski definition) is 4.